The van der Waals surface area contributed by atoms with Crippen molar-refractivity contribution in [2.45, 2.75) is 52.1 Å². The molecule has 1 aliphatic rings. The number of fused-ring (bicyclic) bond motifs is 1. The van der Waals surface area contributed by atoms with Crippen molar-refractivity contribution >= 4 is 28.2 Å². The summed E-state index contributed by atoms with van der Waals surface area (Å²) in [7, 11) is 0. The first kappa shape index (κ1) is 24.5. The Morgan fingerprint density at radius 1 is 1.37 bits per heavy atom. The predicted molar refractivity (Wildman–Crippen MR) is 137 cm³/mol. The van der Waals surface area contributed by atoms with Crippen LogP contribution in [-0.2, 0) is 0 Å². The zero-order chi connectivity index (χ0) is 24.9. The lowest BCUT2D eigenvalue weighted by Crippen LogP contribution is -2.39. The summed E-state index contributed by atoms with van der Waals surface area (Å²) < 4.78 is 2.02. The number of aromatic hydroxyl groups is 1. The van der Waals surface area contributed by atoms with Crippen molar-refractivity contribution in [1.29, 1.82) is 0 Å². The maximum absolute atomic E-state index is 12.5. The number of rotatable bonds is 8. The largest absolute Gasteiger partial charge is 0.494 e. The van der Waals surface area contributed by atoms with Gasteiger partial charge in [-0.1, -0.05) is 6.92 Å². The lowest BCUT2D eigenvalue weighted by molar-refractivity contribution is 0.0955. The van der Waals surface area contributed by atoms with E-state index in [4.69, 9.17) is 11.6 Å². The lowest BCUT2D eigenvalue weighted by Gasteiger charge is -2.34. The highest BCUT2D eigenvalue weighted by atomic mass is 16.3. The minimum absolute atomic E-state index is 0.0274. The SMILES string of the molecule is [C-]#[N+]CCNC(=O)c1ccc2[nH]c(O)c(C(CC)=Nc3cnn(C4CCN(C(C)C)CC4)c3)c2c1. The molecule has 0 saturated carbocycles. The Morgan fingerprint density at radius 3 is 2.83 bits per heavy atom. The maximum atomic E-state index is 12.5. The van der Waals surface area contributed by atoms with Gasteiger partial charge in [-0.3, -0.25) is 9.48 Å². The number of nitrogens with one attached hydrogen (secondary N) is 2. The Morgan fingerprint density at radius 2 is 2.14 bits per heavy atom. The lowest BCUT2D eigenvalue weighted by atomic mass is 10.0. The number of carbonyl (C=O) groups is 1. The van der Waals surface area contributed by atoms with E-state index in [1.807, 2.05) is 17.8 Å². The van der Waals surface area contributed by atoms with Gasteiger partial charge < -0.3 is 25.2 Å². The average molecular weight is 476 g/mol. The van der Waals surface area contributed by atoms with E-state index in [0.717, 1.165) is 42.5 Å². The van der Waals surface area contributed by atoms with Crippen molar-refractivity contribution in [3.63, 3.8) is 0 Å². The molecule has 0 bridgehead atoms. The van der Waals surface area contributed by atoms with Gasteiger partial charge in [0, 0.05) is 35.6 Å². The van der Waals surface area contributed by atoms with Gasteiger partial charge in [0.2, 0.25) is 6.54 Å². The molecule has 1 saturated heterocycles. The maximum Gasteiger partial charge on any atom is 0.251 e. The second-order valence-corrected chi connectivity index (χ2v) is 9.20. The third-order valence-corrected chi connectivity index (χ3v) is 6.63. The summed E-state index contributed by atoms with van der Waals surface area (Å²) in [6.07, 6.45) is 6.47. The van der Waals surface area contributed by atoms with Gasteiger partial charge in [0.1, 0.15) is 5.69 Å². The Kier molecular flexibility index (Phi) is 7.51. The number of aromatic nitrogens is 3. The van der Waals surface area contributed by atoms with E-state index >= 15 is 0 Å². The van der Waals surface area contributed by atoms with E-state index in [9.17, 15) is 9.90 Å². The first-order valence-corrected chi connectivity index (χ1v) is 12.2. The minimum Gasteiger partial charge on any atom is -0.494 e. The molecule has 3 heterocycles. The number of likely N-dealkylation sites (tertiary alicyclic amines) is 1. The fourth-order valence-electron chi connectivity index (χ4n) is 4.66. The third kappa shape index (κ3) is 5.38. The number of benzene rings is 1. The van der Waals surface area contributed by atoms with Crippen LogP contribution in [0.4, 0.5) is 5.69 Å². The number of amides is 1. The smallest absolute Gasteiger partial charge is 0.251 e. The van der Waals surface area contributed by atoms with E-state index in [-0.39, 0.29) is 18.3 Å². The van der Waals surface area contributed by atoms with E-state index in [0.29, 0.717) is 41.9 Å². The molecule has 0 unspecified atom stereocenters. The fourth-order valence-corrected chi connectivity index (χ4v) is 4.66. The molecular weight excluding hydrogens is 442 g/mol. The molecule has 3 aromatic rings. The van der Waals surface area contributed by atoms with E-state index < -0.39 is 0 Å². The number of nitrogens with zero attached hydrogens (tertiary/aromatic N) is 5. The van der Waals surface area contributed by atoms with Gasteiger partial charge in [-0.05, 0) is 51.3 Å². The van der Waals surface area contributed by atoms with Crippen LogP contribution in [0, 0.1) is 6.57 Å². The number of aliphatic imine (C=N–C) groups is 1. The highest BCUT2D eigenvalue weighted by molar-refractivity contribution is 6.14. The highest BCUT2D eigenvalue weighted by Gasteiger charge is 2.23. The second-order valence-electron chi connectivity index (χ2n) is 9.20. The summed E-state index contributed by atoms with van der Waals surface area (Å²) in [5, 5.41) is 18.8. The van der Waals surface area contributed by atoms with Crippen LogP contribution < -0.4 is 5.32 Å². The second kappa shape index (κ2) is 10.7. The van der Waals surface area contributed by atoms with E-state index in [1.54, 1.807) is 24.4 Å². The quantitative estimate of drug-likeness (QED) is 0.257. The van der Waals surface area contributed by atoms with Gasteiger partial charge in [-0.2, -0.15) is 5.10 Å². The molecule has 9 heteroatoms. The highest BCUT2D eigenvalue weighted by Crippen LogP contribution is 2.31. The number of aromatic amines is 1. The number of carbonyl (C=O) groups excluding carboxylic acids is 1. The zero-order valence-electron chi connectivity index (χ0n) is 20.6. The zero-order valence-corrected chi connectivity index (χ0v) is 20.6. The summed E-state index contributed by atoms with van der Waals surface area (Å²) in [6, 6.07) is 6.16. The van der Waals surface area contributed by atoms with Crippen molar-refractivity contribution in [3.8, 4) is 5.88 Å². The first-order chi connectivity index (χ1) is 16.9. The fraction of sp³-hybridized carbons (Fsp3) is 0.462. The monoisotopic (exact) mass is 475 g/mol. The van der Waals surface area contributed by atoms with Crippen LogP contribution >= 0.6 is 0 Å². The van der Waals surface area contributed by atoms with Crippen LogP contribution in [0.5, 0.6) is 5.88 Å². The van der Waals surface area contributed by atoms with Gasteiger partial charge in [0.05, 0.1) is 36.3 Å². The third-order valence-electron chi connectivity index (χ3n) is 6.63. The van der Waals surface area contributed by atoms with Crippen molar-refractivity contribution in [1.82, 2.24) is 25.0 Å². The normalized spacial score (nSPS) is 15.6. The predicted octanol–water partition coefficient (Wildman–Crippen LogP) is 4.30. The number of hydrogen-bond acceptors (Lipinski definition) is 5. The first-order valence-electron chi connectivity index (χ1n) is 12.2. The molecule has 3 N–H and O–H groups in total. The number of H-pyrrole nitrogens is 1. The van der Waals surface area contributed by atoms with Gasteiger partial charge in [0.25, 0.3) is 5.91 Å². The van der Waals surface area contributed by atoms with Crippen LogP contribution in [0.25, 0.3) is 15.7 Å². The molecular formula is C26H33N7O2. The number of hydrogen-bond donors (Lipinski definition) is 3. The Labute approximate surface area is 205 Å². The molecule has 9 nitrogen and oxygen atoms in total. The van der Waals surface area contributed by atoms with Crippen LogP contribution in [0.3, 0.4) is 0 Å². The minimum atomic E-state index is -0.248. The molecule has 0 atom stereocenters. The molecule has 0 aliphatic carbocycles. The van der Waals surface area contributed by atoms with Crippen LogP contribution in [0.15, 0.2) is 35.6 Å². The van der Waals surface area contributed by atoms with Gasteiger partial charge >= 0.3 is 0 Å². The van der Waals surface area contributed by atoms with Crippen molar-refractivity contribution in [2.75, 3.05) is 26.2 Å². The Balaban J connectivity index is 1.58. The van der Waals surface area contributed by atoms with Gasteiger partial charge in [-0.15, -0.1) is 0 Å². The van der Waals surface area contributed by atoms with Gasteiger partial charge in [0.15, 0.2) is 5.88 Å². The van der Waals surface area contributed by atoms with Crippen molar-refractivity contribution < 1.29 is 9.90 Å². The summed E-state index contributed by atoms with van der Waals surface area (Å²) in [6.45, 7) is 16.0. The summed E-state index contributed by atoms with van der Waals surface area (Å²) in [5.41, 5.74) is 3.25. The topological polar surface area (TPSA) is 103 Å². The molecule has 1 aliphatic heterocycles. The van der Waals surface area contributed by atoms with Crippen LogP contribution in [-0.4, -0.2) is 68.6 Å². The molecule has 35 heavy (non-hydrogen) atoms. The van der Waals surface area contributed by atoms with Crippen molar-refractivity contribution in [3.05, 3.63) is 53.1 Å². The van der Waals surface area contributed by atoms with Gasteiger partial charge in [-0.25, -0.2) is 11.6 Å². The summed E-state index contributed by atoms with van der Waals surface area (Å²) >= 11 is 0. The Bertz CT molecular complexity index is 1260. The van der Waals surface area contributed by atoms with Crippen LogP contribution in [0.1, 0.15) is 62.0 Å². The van der Waals surface area contributed by atoms with E-state index in [1.165, 1.54) is 0 Å². The summed E-state index contributed by atoms with van der Waals surface area (Å²) in [5.74, 6) is -0.221. The molecule has 0 radical (unpaired) electrons. The average Bonchev–Trinajstić information content (AvgIpc) is 3.45. The molecule has 1 amide bonds. The van der Waals surface area contributed by atoms with Crippen molar-refractivity contribution in [2.24, 2.45) is 4.99 Å². The Hall–Kier alpha value is -3.64. The molecule has 1 fully saturated rings. The van der Waals surface area contributed by atoms with Crippen LogP contribution in [0.2, 0.25) is 0 Å². The standard InChI is InChI=1S/C26H33N7O2/c1-5-22(30-19-15-29-33(16-19)20-8-12-32(13-9-20)17(2)3)24-21-14-18(25(34)28-11-10-27-4)6-7-23(21)31-26(24)35/h6-7,14-17,20,31,35H,5,8-13H2,1-3H3,(H,28,34). The van der Waals surface area contributed by atoms with E-state index in [2.05, 4.69) is 39.0 Å². The molecule has 184 valence electrons. The summed E-state index contributed by atoms with van der Waals surface area (Å²) in [4.78, 5) is 26.1. The molecule has 1 aromatic carbocycles. The molecule has 0 spiro atoms. The number of piperidine rings is 1. The molecule has 4 rings (SSSR count). The molecule has 2 aromatic heterocycles.